The quantitative estimate of drug-likeness (QED) is 0.809. The fraction of sp³-hybridized carbons (Fsp3) is 0.600. The molecular weight excluding hydrogens is 238 g/mol. The number of nitrogens with two attached hydrogens (primary N) is 1. The van der Waals surface area contributed by atoms with Gasteiger partial charge in [0.2, 0.25) is 0 Å². The summed E-state index contributed by atoms with van der Waals surface area (Å²) >= 11 is 0. The Kier molecular flexibility index (Phi) is 5.34. The van der Waals surface area contributed by atoms with E-state index >= 15 is 0 Å². The van der Waals surface area contributed by atoms with E-state index in [1.165, 1.54) is 11.1 Å². The SMILES string of the molecule is Cc1ccccc1CN1CCN(CC(O)CN)CC1. The first kappa shape index (κ1) is 14.5. The molecule has 0 radical (unpaired) electrons. The van der Waals surface area contributed by atoms with E-state index < -0.39 is 0 Å². The van der Waals surface area contributed by atoms with E-state index in [0.717, 1.165) is 32.7 Å². The molecule has 19 heavy (non-hydrogen) atoms. The zero-order valence-electron chi connectivity index (χ0n) is 11.8. The number of hydrogen-bond acceptors (Lipinski definition) is 4. The molecule has 0 spiro atoms. The van der Waals surface area contributed by atoms with Gasteiger partial charge in [0.25, 0.3) is 0 Å². The maximum atomic E-state index is 9.57. The normalized spacial score (nSPS) is 19.5. The summed E-state index contributed by atoms with van der Waals surface area (Å²) in [5.74, 6) is 0. The van der Waals surface area contributed by atoms with Crippen LogP contribution in [-0.2, 0) is 6.54 Å². The molecular formula is C15H25N3O. The predicted molar refractivity (Wildman–Crippen MR) is 78.0 cm³/mol. The van der Waals surface area contributed by atoms with Crippen molar-refractivity contribution in [2.45, 2.75) is 19.6 Å². The van der Waals surface area contributed by atoms with E-state index in [1.54, 1.807) is 0 Å². The molecule has 0 aliphatic carbocycles. The number of aliphatic hydroxyl groups excluding tert-OH is 1. The molecule has 0 amide bonds. The highest BCUT2D eigenvalue weighted by Gasteiger charge is 2.18. The van der Waals surface area contributed by atoms with Crippen molar-refractivity contribution in [1.82, 2.24) is 9.80 Å². The van der Waals surface area contributed by atoms with Crippen LogP contribution in [0, 0.1) is 6.92 Å². The summed E-state index contributed by atoms with van der Waals surface area (Å²) in [7, 11) is 0. The second kappa shape index (κ2) is 7.01. The van der Waals surface area contributed by atoms with E-state index in [4.69, 9.17) is 5.73 Å². The number of nitrogens with zero attached hydrogens (tertiary/aromatic N) is 2. The van der Waals surface area contributed by atoms with Crippen LogP contribution in [-0.4, -0.2) is 60.3 Å². The zero-order valence-corrected chi connectivity index (χ0v) is 11.8. The molecule has 2 rings (SSSR count). The molecule has 1 aliphatic heterocycles. The summed E-state index contributed by atoms with van der Waals surface area (Å²) < 4.78 is 0. The zero-order chi connectivity index (χ0) is 13.7. The van der Waals surface area contributed by atoms with Crippen molar-refractivity contribution in [2.24, 2.45) is 5.73 Å². The summed E-state index contributed by atoms with van der Waals surface area (Å²) in [6.07, 6.45) is -0.386. The van der Waals surface area contributed by atoms with Gasteiger partial charge in [-0.3, -0.25) is 9.80 Å². The molecule has 1 aromatic carbocycles. The summed E-state index contributed by atoms with van der Waals surface area (Å²) in [5, 5.41) is 9.57. The average molecular weight is 263 g/mol. The van der Waals surface area contributed by atoms with Gasteiger partial charge in [0.05, 0.1) is 6.10 Å². The fourth-order valence-electron chi connectivity index (χ4n) is 2.53. The highest BCUT2D eigenvalue weighted by molar-refractivity contribution is 5.25. The second-order valence-corrected chi connectivity index (χ2v) is 5.39. The lowest BCUT2D eigenvalue weighted by Gasteiger charge is -2.35. The van der Waals surface area contributed by atoms with Crippen LogP contribution in [0.25, 0.3) is 0 Å². The molecule has 1 unspecified atom stereocenters. The Balaban J connectivity index is 1.79. The molecule has 1 aromatic rings. The van der Waals surface area contributed by atoms with E-state index in [0.29, 0.717) is 13.1 Å². The summed E-state index contributed by atoms with van der Waals surface area (Å²) in [6, 6.07) is 8.57. The van der Waals surface area contributed by atoms with Crippen LogP contribution in [0.3, 0.4) is 0 Å². The molecule has 1 saturated heterocycles. The van der Waals surface area contributed by atoms with Gasteiger partial charge in [0.15, 0.2) is 0 Å². The first-order valence-corrected chi connectivity index (χ1v) is 7.06. The monoisotopic (exact) mass is 263 g/mol. The van der Waals surface area contributed by atoms with E-state index in [2.05, 4.69) is 41.0 Å². The Hall–Kier alpha value is -0.940. The number of aryl methyl sites for hydroxylation is 1. The van der Waals surface area contributed by atoms with E-state index in [-0.39, 0.29) is 6.10 Å². The summed E-state index contributed by atoms with van der Waals surface area (Å²) in [6.45, 7) is 8.41. The number of β-amino-alcohol motifs (C(OH)–C–C–N with tert-alkyl or cyclic N) is 1. The Morgan fingerprint density at radius 1 is 1.16 bits per heavy atom. The second-order valence-electron chi connectivity index (χ2n) is 5.39. The van der Waals surface area contributed by atoms with Crippen LogP contribution in [0.5, 0.6) is 0 Å². The van der Waals surface area contributed by atoms with Crippen LogP contribution in [0.4, 0.5) is 0 Å². The predicted octanol–water partition coefficient (Wildman–Crippen LogP) is 0.432. The molecule has 0 aromatic heterocycles. The number of piperazine rings is 1. The maximum Gasteiger partial charge on any atom is 0.0789 e. The number of aliphatic hydroxyl groups is 1. The fourth-order valence-corrected chi connectivity index (χ4v) is 2.53. The third-order valence-corrected chi connectivity index (χ3v) is 3.86. The van der Waals surface area contributed by atoms with Crippen molar-refractivity contribution < 1.29 is 5.11 Å². The highest BCUT2D eigenvalue weighted by atomic mass is 16.3. The van der Waals surface area contributed by atoms with Gasteiger partial charge in [-0.05, 0) is 18.1 Å². The molecule has 1 fully saturated rings. The average Bonchev–Trinajstić information content (AvgIpc) is 2.43. The minimum absolute atomic E-state index is 0.351. The largest absolute Gasteiger partial charge is 0.390 e. The van der Waals surface area contributed by atoms with Gasteiger partial charge in [-0.15, -0.1) is 0 Å². The number of hydrogen-bond donors (Lipinski definition) is 2. The van der Waals surface area contributed by atoms with Crippen molar-refractivity contribution in [2.75, 3.05) is 39.3 Å². The smallest absolute Gasteiger partial charge is 0.0789 e. The first-order chi connectivity index (χ1) is 9.19. The Morgan fingerprint density at radius 2 is 1.79 bits per heavy atom. The lowest BCUT2D eigenvalue weighted by molar-refractivity contribution is 0.0739. The van der Waals surface area contributed by atoms with Gasteiger partial charge < -0.3 is 10.8 Å². The number of rotatable bonds is 5. The van der Waals surface area contributed by atoms with Gasteiger partial charge in [0, 0.05) is 45.8 Å². The van der Waals surface area contributed by atoms with Crippen LogP contribution < -0.4 is 5.73 Å². The maximum absolute atomic E-state index is 9.57. The van der Waals surface area contributed by atoms with Gasteiger partial charge in [-0.2, -0.15) is 0 Å². The molecule has 0 saturated carbocycles. The van der Waals surface area contributed by atoms with Crippen LogP contribution in [0.1, 0.15) is 11.1 Å². The van der Waals surface area contributed by atoms with Gasteiger partial charge >= 0.3 is 0 Å². The van der Waals surface area contributed by atoms with Crippen LogP contribution >= 0.6 is 0 Å². The topological polar surface area (TPSA) is 52.7 Å². The molecule has 106 valence electrons. The third-order valence-electron chi connectivity index (χ3n) is 3.86. The molecule has 4 nitrogen and oxygen atoms in total. The molecule has 1 aliphatic rings. The summed E-state index contributed by atoms with van der Waals surface area (Å²) in [5.41, 5.74) is 8.23. The Bertz CT molecular complexity index is 389. The minimum atomic E-state index is -0.386. The van der Waals surface area contributed by atoms with Crippen molar-refractivity contribution >= 4 is 0 Å². The Morgan fingerprint density at radius 3 is 2.42 bits per heavy atom. The van der Waals surface area contributed by atoms with Crippen LogP contribution in [0.2, 0.25) is 0 Å². The highest BCUT2D eigenvalue weighted by Crippen LogP contribution is 2.12. The molecule has 1 atom stereocenters. The molecule has 1 heterocycles. The van der Waals surface area contributed by atoms with Crippen molar-refractivity contribution in [3.05, 3.63) is 35.4 Å². The Labute approximate surface area is 115 Å². The standard InChI is InChI=1S/C15H25N3O/c1-13-4-2-3-5-14(13)11-17-6-8-18(9-7-17)12-15(19)10-16/h2-5,15,19H,6-12,16H2,1H3. The van der Waals surface area contributed by atoms with Gasteiger partial charge in [-0.1, -0.05) is 24.3 Å². The summed E-state index contributed by atoms with van der Waals surface area (Å²) in [4.78, 5) is 4.78. The molecule has 4 heteroatoms. The van der Waals surface area contributed by atoms with E-state index in [9.17, 15) is 5.11 Å². The molecule has 3 N–H and O–H groups in total. The number of benzene rings is 1. The lowest BCUT2D eigenvalue weighted by Crippen LogP contribution is -2.49. The van der Waals surface area contributed by atoms with Gasteiger partial charge in [-0.25, -0.2) is 0 Å². The van der Waals surface area contributed by atoms with Gasteiger partial charge in [0.1, 0.15) is 0 Å². The molecule has 0 bridgehead atoms. The third kappa shape index (κ3) is 4.28. The van der Waals surface area contributed by atoms with Crippen molar-refractivity contribution in [3.8, 4) is 0 Å². The van der Waals surface area contributed by atoms with Crippen molar-refractivity contribution in [1.29, 1.82) is 0 Å². The van der Waals surface area contributed by atoms with Crippen LogP contribution in [0.15, 0.2) is 24.3 Å². The lowest BCUT2D eigenvalue weighted by atomic mass is 10.1. The van der Waals surface area contributed by atoms with Crippen molar-refractivity contribution in [3.63, 3.8) is 0 Å². The first-order valence-electron chi connectivity index (χ1n) is 7.06. The minimum Gasteiger partial charge on any atom is -0.390 e. The van der Waals surface area contributed by atoms with E-state index in [1.807, 2.05) is 0 Å².